The summed E-state index contributed by atoms with van der Waals surface area (Å²) >= 11 is 6.29. The van der Waals surface area contributed by atoms with Crippen molar-refractivity contribution in [3.8, 4) is 0 Å². The number of hydrogen-bond donors (Lipinski definition) is 0. The van der Waals surface area contributed by atoms with Crippen LogP contribution in [0.3, 0.4) is 0 Å². The van der Waals surface area contributed by atoms with Gasteiger partial charge in [-0.25, -0.2) is 4.98 Å². The molecule has 1 heterocycles. The van der Waals surface area contributed by atoms with Crippen LogP contribution in [0.5, 0.6) is 0 Å². The predicted molar refractivity (Wildman–Crippen MR) is 82.6 cm³/mol. The van der Waals surface area contributed by atoms with Crippen LogP contribution in [-0.2, 0) is 6.54 Å². The van der Waals surface area contributed by atoms with Gasteiger partial charge >= 0.3 is 0 Å². The lowest BCUT2D eigenvalue weighted by atomic mass is 9.82. The summed E-state index contributed by atoms with van der Waals surface area (Å²) in [5.41, 5.74) is 2.49. The normalized spacial score (nSPS) is 15.7. The number of hydrogen-bond acceptors (Lipinski definition) is 1. The maximum atomic E-state index is 6.29. The van der Waals surface area contributed by atoms with Gasteiger partial charge in [-0.05, 0) is 30.4 Å². The largest absolute Gasteiger partial charge is 0.326 e. The maximum Gasteiger partial charge on any atom is 0.127 e. The van der Waals surface area contributed by atoms with Crippen molar-refractivity contribution in [1.82, 2.24) is 9.55 Å². The molecule has 2 unspecified atom stereocenters. The molecule has 0 saturated heterocycles. The fourth-order valence-electron chi connectivity index (χ4n) is 2.14. The van der Waals surface area contributed by atoms with E-state index in [-0.39, 0.29) is 10.8 Å². The highest BCUT2D eigenvalue weighted by molar-refractivity contribution is 6.20. The molecule has 1 aromatic carbocycles. The molecule has 0 saturated carbocycles. The van der Waals surface area contributed by atoms with Crippen molar-refractivity contribution < 1.29 is 0 Å². The molecular formula is C16H23ClN2. The van der Waals surface area contributed by atoms with E-state index in [0.717, 1.165) is 17.9 Å². The second-order valence-corrected chi connectivity index (χ2v) is 7.11. The number of alkyl halides is 1. The summed E-state index contributed by atoms with van der Waals surface area (Å²) in [6.07, 6.45) is 0. The Balaban J connectivity index is 2.48. The molecular weight excluding hydrogens is 256 g/mol. The fourth-order valence-corrected chi connectivity index (χ4v) is 2.30. The van der Waals surface area contributed by atoms with Crippen LogP contribution < -0.4 is 0 Å². The summed E-state index contributed by atoms with van der Waals surface area (Å²) in [4.78, 5) is 4.68. The number of halogens is 1. The Morgan fingerprint density at radius 1 is 1.21 bits per heavy atom. The Kier molecular flexibility index (Phi) is 3.91. The van der Waals surface area contributed by atoms with E-state index in [1.807, 2.05) is 13.0 Å². The van der Waals surface area contributed by atoms with Gasteiger partial charge in [0.25, 0.3) is 0 Å². The third-order valence-electron chi connectivity index (χ3n) is 3.97. The smallest absolute Gasteiger partial charge is 0.127 e. The maximum absolute atomic E-state index is 6.29. The van der Waals surface area contributed by atoms with Crippen molar-refractivity contribution >= 4 is 22.6 Å². The fraction of sp³-hybridized carbons (Fsp3) is 0.562. The second-order valence-electron chi connectivity index (χ2n) is 6.45. The highest BCUT2D eigenvalue weighted by Crippen LogP contribution is 2.31. The number of imidazole rings is 1. The van der Waals surface area contributed by atoms with Crippen molar-refractivity contribution in [3.63, 3.8) is 0 Å². The molecule has 0 fully saturated rings. The Morgan fingerprint density at radius 2 is 1.84 bits per heavy atom. The molecule has 0 aliphatic carbocycles. The van der Waals surface area contributed by atoms with Gasteiger partial charge in [-0.1, -0.05) is 39.8 Å². The van der Waals surface area contributed by atoms with E-state index in [0.29, 0.717) is 5.92 Å². The third kappa shape index (κ3) is 2.94. The molecule has 0 bridgehead atoms. The van der Waals surface area contributed by atoms with Gasteiger partial charge in [0.05, 0.1) is 16.4 Å². The molecule has 0 radical (unpaired) electrons. The third-order valence-corrected chi connectivity index (χ3v) is 4.17. The number of nitrogens with zero attached hydrogens (tertiary/aromatic N) is 2. The average molecular weight is 279 g/mol. The zero-order valence-corrected chi connectivity index (χ0v) is 13.2. The van der Waals surface area contributed by atoms with Gasteiger partial charge in [0.1, 0.15) is 5.82 Å². The topological polar surface area (TPSA) is 17.8 Å². The minimum absolute atomic E-state index is 0.0698. The molecule has 2 nitrogen and oxygen atoms in total. The summed E-state index contributed by atoms with van der Waals surface area (Å²) in [7, 11) is 0. The number of fused-ring (bicyclic) bond motifs is 1. The first-order chi connectivity index (χ1) is 8.80. The van der Waals surface area contributed by atoms with Crippen molar-refractivity contribution in [2.45, 2.75) is 46.5 Å². The van der Waals surface area contributed by atoms with Gasteiger partial charge in [-0.15, -0.1) is 11.6 Å². The van der Waals surface area contributed by atoms with E-state index in [1.54, 1.807) is 0 Å². The van der Waals surface area contributed by atoms with Gasteiger partial charge in [0.2, 0.25) is 0 Å². The first kappa shape index (κ1) is 14.4. The number of rotatable bonds is 3. The molecule has 2 rings (SSSR count). The molecule has 0 aliphatic heterocycles. The van der Waals surface area contributed by atoms with Gasteiger partial charge in [0, 0.05) is 6.54 Å². The van der Waals surface area contributed by atoms with E-state index in [4.69, 9.17) is 11.6 Å². The zero-order valence-electron chi connectivity index (χ0n) is 12.4. The summed E-state index contributed by atoms with van der Waals surface area (Å²) < 4.78 is 2.28. The number of aromatic nitrogens is 2. The molecule has 2 aromatic rings. The minimum Gasteiger partial charge on any atom is -0.326 e. The SMILES string of the molecule is CC(Cl)c1nc2ccccc2n1CC(C)C(C)(C)C. The first-order valence-electron chi connectivity index (χ1n) is 6.90. The van der Waals surface area contributed by atoms with Crippen molar-refractivity contribution in [3.05, 3.63) is 30.1 Å². The molecule has 19 heavy (non-hydrogen) atoms. The van der Waals surface area contributed by atoms with Gasteiger partial charge in [0.15, 0.2) is 0 Å². The lowest BCUT2D eigenvalue weighted by Gasteiger charge is -2.28. The van der Waals surface area contributed by atoms with E-state index in [2.05, 4.69) is 55.4 Å². The second kappa shape index (κ2) is 5.16. The molecule has 0 aliphatic rings. The Labute approximate surface area is 120 Å². The summed E-state index contributed by atoms with van der Waals surface area (Å²) in [6.45, 7) is 12.1. The summed E-state index contributed by atoms with van der Waals surface area (Å²) in [6, 6.07) is 8.26. The van der Waals surface area contributed by atoms with E-state index < -0.39 is 0 Å². The molecule has 2 atom stereocenters. The van der Waals surface area contributed by atoms with Crippen molar-refractivity contribution in [1.29, 1.82) is 0 Å². The highest BCUT2D eigenvalue weighted by atomic mass is 35.5. The van der Waals surface area contributed by atoms with Crippen LogP contribution in [0, 0.1) is 11.3 Å². The lowest BCUT2D eigenvalue weighted by molar-refractivity contribution is 0.233. The summed E-state index contributed by atoms with van der Waals surface area (Å²) in [5, 5.41) is -0.0698. The minimum atomic E-state index is -0.0698. The van der Waals surface area contributed by atoms with Crippen molar-refractivity contribution in [2.75, 3.05) is 0 Å². The van der Waals surface area contributed by atoms with Crippen LogP contribution in [0.2, 0.25) is 0 Å². The van der Waals surface area contributed by atoms with Crippen LogP contribution in [0.4, 0.5) is 0 Å². The van der Waals surface area contributed by atoms with Gasteiger partial charge in [-0.3, -0.25) is 0 Å². The van der Waals surface area contributed by atoms with Gasteiger partial charge in [-0.2, -0.15) is 0 Å². The van der Waals surface area contributed by atoms with E-state index in [1.165, 1.54) is 5.52 Å². The van der Waals surface area contributed by atoms with E-state index >= 15 is 0 Å². The molecule has 0 amide bonds. The molecule has 0 N–H and O–H groups in total. The molecule has 1 aromatic heterocycles. The van der Waals surface area contributed by atoms with Gasteiger partial charge < -0.3 is 4.57 Å². The van der Waals surface area contributed by atoms with Crippen LogP contribution in [0.25, 0.3) is 11.0 Å². The predicted octanol–water partition coefficient (Wildman–Crippen LogP) is 5.02. The molecule has 104 valence electrons. The van der Waals surface area contributed by atoms with Crippen LogP contribution >= 0.6 is 11.6 Å². The zero-order chi connectivity index (χ0) is 14.2. The average Bonchev–Trinajstić information content (AvgIpc) is 2.67. The lowest BCUT2D eigenvalue weighted by Crippen LogP contribution is -2.23. The Morgan fingerprint density at radius 3 is 2.42 bits per heavy atom. The Bertz CT molecular complexity index is 564. The highest BCUT2D eigenvalue weighted by Gasteiger charge is 2.23. The quantitative estimate of drug-likeness (QED) is 0.721. The number of para-hydroxylation sites is 2. The van der Waals surface area contributed by atoms with Crippen molar-refractivity contribution in [2.24, 2.45) is 11.3 Å². The van der Waals surface area contributed by atoms with Crippen LogP contribution in [0.15, 0.2) is 24.3 Å². The molecule has 3 heteroatoms. The van der Waals surface area contributed by atoms with Crippen LogP contribution in [-0.4, -0.2) is 9.55 Å². The van der Waals surface area contributed by atoms with E-state index in [9.17, 15) is 0 Å². The standard InChI is InChI=1S/C16H23ClN2/c1-11(16(3,4)5)10-19-14-9-7-6-8-13(14)18-15(19)12(2)17/h6-9,11-12H,10H2,1-5H3. The van der Waals surface area contributed by atoms with Crippen LogP contribution in [0.1, 0.15) is 45.8 Å². The Hall–Kier alpha value is -1.02. The molecule has 0 spiro atoms. The summed E-state index contributed by atoms with van der Waals surface area (Å²) in [5.74, 6) is 1.53. The monoisotopic (exact) mass is 278 g/mol. The number of benzene rings is 1. The first-order valence-corrected chi connectivity index (χ1v) is 7.33.